The number of hydrogen-bond donors (Lipinski definition) is 0. The second-order valence-corrected chi connectivity index (χ2v) is 6.03. The number of hydrogen-bond acceptors (Lipinski definition) is 2. The van der Waals surface area contributed by atoms with Gasteiger partial charge in [0.25, 0.3) is 0 Å². The summed E-state index contributed by atoms with van der Waals surface area (Å²) in [5.74, 6) is 0. The van der Waals surface area contributed by atoms with Gasteiger partial charge in [-0.05, 0) is 41.8 Å². The Morgan fingerprint density at radius 1 is 1.08 bits per heavy atom. The van der Waals surface area contributed by atoms with Crippen molar-refractivity contribution in [2.24, 2.45) is 0 Å². The molecule has 0 saturated heterocycles. The van der Waals surface area contributed by atoms with Crippen LogP contribution in [0.15, 0.2) is 0 Å². The number of rotatable bonds is 5. The van der Waals surface area contributed by atoms with E-state index in [4.69, 9.17) is 0 Å². The lowest BCUT2D eigenvalue weighted by molar-refractivity contribution is 0.138. The second kappa shape index (κ2) is 6.19. The van der Waals surface area contributed by atoms with Crippen molar-refractivity contribution in [3.63, 3.8) is 0 Å². The fourth-order valence-corrected chi connectivity index (χ4v) is 3.09. The molecule has 2 atom stereocenters. The summed E-state index contributed by atoms with van der Waals surface area (Å²) in [6.45, 7) is 10.2. The van der Waals surface area contributed by atoms with Gasteiger partial charge < -0.3 is 4.90 Å². The van der Waals surface area contributed by atoms with Crippen molar-refractivity contribution >= 4 is 22.6 Å². The zero-order valence-electron chi connectivity index (χ0n) is 9.71. The Hall–Kier alpha value is 0.650. The molecule has 0 bridgehead atoms. The molecule has 0 N–H and O–H groups in total. The smallest absolute Gasteiger partial charge is 0.0595 e. The zero-order chi connectivity index (χ0) is 10.6. The summed E-state index contributed by atoms with van der Waals surface area (Å²) >= 11 is 2.49. The quantitative estimate of drug-likeness (QED) is 0.437. The normalized spacial score (nSPS) is 17.1. The van der Waals surface area contributed by atoms with Gasteiger partial charge in [0.05, 0.1) is 4.05 Å². The van der Waals surface area contributed by atoms with Crippen LogP contribution in [-0.4, -0.2) is 46.6 Å². The van der Waals surface area contributed by atoms with E-state index in [1.54, 1.807) is 0 Å². The topological polar surface area (TPSA) is 6.48 Å². The van der Waals surface area contributed by atoms with E-state index < -0.39 is 0 Å². The lowest BCUT2D eigenvalue weighted by Gasteiger charge is -2.36. The molecule has 0 aromatic heterocycles. The van der Waals surface area contributed by atoms with Crippen LogP contribution in [0, 0.1) is 0 Å². The van der Waals surface area contributed by atoms with Crippen LogP contribution < -0.4 is 0 Å². The molecule has 0 aliphatic carbocycles. The van der Waals surface area contributed by atoms with E-state index >= 15 is 0 Å². The number of alkyl halides is 1. The molecule has 0 amide bonds. The summed E-state index contributed by atoms with van der Waals surface area (Å²) < 4.78 is 0.604. The maximum Gasteiger partial charge on any atom is 0.0595 e. The van der Waals surface area contributed by atoms with Crippen molar-refractivity contribution in [2.75, 3.05) is 20.6 Å². The Kier molecular flexibility index (Phi) is 6.50. The number of nitrogens with zero attached hydrogens (tertiary/aromatic N) is 2. The van der Waals surface area contributed by atoms with Crippen molar-refractivity contribution in [1.29, 1.82) is 0 Å². The highest BCUT2D eigenvalue weighted by Crippen LogP contribution is 2.15. The highest BCUT2D eigenvalue weighted by atomic mass is 127. The zero-order valence-corrected chi connectivity index (χ0v) is 11.9. The van der Waals surface area contributed by atoms with Crippen molar-refractivity contribution < 1.29 is 0 Å². The van der Waals surface area contributed by atoms with Gasteiger partial charge in [0, 0.05) is 18.6 Å². The maximum absolute atomic E-state index is 2.54. The number of halogens is 1. The molecule has 80 valence electrons. The van der Waals surface area contributed by atoms with Crippen LogP contribution in [0.1, 0.15) is 27.7 Å². The Balaban J connectivity index is 4.20. The maximum atomic E-state index is 2.54. The first-order valence-electron chi connectivity index (χ1n) is 4.92. The molecule has 3 heteroatoms. The molecule has 0 aliphatic rings. The van der Waals surface area contributed by atoms with Gasteiger partial charge in [0.15, 0.2) is 0 Å². The van der Waals surface area contributed by atoms with E-state index in [0.717, 1.165) is 6.54 Å². The van der Waals surface area contributed by atoms with Crippen LogP contribution in [0.5, 0.6) is 0 Å². The molecule has 0 saturated carbocycles. The molecule has 0 aromatic rings. The van der Waals surface area contributed by atoms with E-state index in [1.807, 2.05) is 0 Å². The summed E-state index contributed by atoms with van der Waals surface area (Å²) in [6.07, 6.45) is 0. The molecule has 0 rings (SSSR count). The van der Waals surface area contributed by atoms with Crippen LogP contribution in [0.25, 0.3) is 0 Å². The predicted octanol–water partition coefficient (Wildman–Crippen LogP) is 2.43. The molecule has 2 nitrogen and oxygen atoms in total. The second-order valence-electron chi connectivity index (χ2n) is 4.23. The predicted molar refractivity (Wildman–Crippen MR) is 68.5 cm³/mol. The van der Waals surface area contributed by atoms with Gasteiger partial charge in [-0.2, -0.15) is 0 Å². The molecular formula is C10H23IN2. The fourth-order valence-electron chi connectivity index (χ4n) is 1.89. The molecule has 0 heterocycles. The lowest BCUT2D eigenvalue weighted by Crippen LogP contribution is -2.46. The van der Waals surface area contributed by atoms with E-state index in [9.17, 15) is 0 Å². The van der Waals surface area contributed by atoms with E-state index in [1.165, 1.54) is 0 Å². The summed E-state index contributed by atoms with van der Waals surface area (Å²) in [4.78, 5) is 4.79. The van der Waals surface area contributed by atoms with Crippen LogP contribution in [0.4, 0.5) is 0 Å². The summed E-state index contributed by atoms with van der Waals surface area (Å²) in [6, 6.07) is 1.25. The largest absolute Gasteiger partial charge is 0.308 e. The molecule has 0 radical (unpaired) electrons. The molecule has 0 spiro atoms. The van der Waals surface area contributed by atoms with Crippen molar-refractivity contribution in [3.05, 3.63) is 0 Å². The lowest BCUT2D eigenvalue weighted by atomic mass is 10.2. The van der Waals surface area contributed by atoms with Crippen LogP contribution >= 0.6 is 22.6 Å². The van der Waals surface area contributed by atoms with E-state index in [0.29, 0.717) is 16.1 Å². The van der Waals surface area contributed by atoms with Crippen LogP contribution in [0.2, 0.25) is 0 Å². The monoisotopic (exact) mass is 298 g/mol. The minimum Gasteiger partial charge on any atom is -0.308 e. The summed E-state index contributed by atoms with van der Waals surface area (Å²) in [5, 5.41) is 0. The van der Waals surface area contributed by atoms with Crippen molar-refractivity contribution in [3.8, 4) is 0 Å². The third kappa shape index (κ3) is 5.18. The summed E-state index contributed by atoms with van der Waals surface area (Å²) in [5.41, 5.74) is 0. The Labute approximate surface area is 96.8 Å². The van der Waals surface area contributed by atoms with Gasteiger partial charge >= 0.3 is 0 Å². The van der Waals surface area contributed by atoms with Gasteiger partial charge in [-0.3, -0.25) is 4.90 Å². The van der Waals surface area contributed by atoms with Crippen LogP contribution in [-0.2, 0) is 0 Å². The Morgan fingerprint density at radius 3 is 1.77 bits per heavy atom. The highest BCUT2D eigenvalue weighted by Gasteiger charge is 2.20. The van der Waals surface area contributed by atoms with Gasteiger partial charge in [-0.1, -0.05) is 22.6 Å². The third-order valence-electron chi connectivity index (χ3n) is 2.15. The Morgan fingerprint density at radius 2 is 1.54 bits per heavy atom. The Bertz CT molecular complexity index is 127. The van der Waals surface area contributed by atoms with Crippen molar-refractivity contribution in [2.45, 2.75) is 43.8 Å². The molecule has 0 aromatic carbocycles. The summed E-state index contributed by atoms with van der Waals surface area (Å²) in [7, 11) is 4.26. The highest BCUT2D eigenvalue weighted by molar-refractivity contribution is 14.1. The van der Waals surface area contributed by atoms with E-state index in [-0.39, 0.29) is 0 Å². The van der Waals surface area contributed by atoms with Gasteiger partial charge in [-0.15, -0.1) is 0 Å². The molecular weight excluding hydrogens is 275 g/mol. The first-order chi connectivity index (χ1) is 5.86. The minimum atomic E-state index is 0.604. The van der Waals surface area contributed by atoms with Gasteiger partial charge in [0.1, 0.15) is 0 Å². The SMILES string of the molecule is CC(C)N(C(C)I)C(C)CN(C)C. The van der Waals surface area contributed by atoms with E-state index in [2.05, 4.69) is 74.2 Å². The van der Waals surface area contributed by atoms with Crippen LogP contribution in [0.3, 0.4) is 0 Å². The standard InChI is InChI=1S/C10H23IN2/c1-8(2)13(10(4)11)9(3)7-12(5)6/h8-10H,7H2,1-6H3. The average Bonchev–Trinajstić information content (AvgIpc) is 1.81. The third-order valence-corrected chi connectivity index (χ3v) is 2.79. The first kappa shape index (κ1) is 13.7. The van der Waals surface area contributed by atoms with Crippen molar-refractivity contribution in [1.82, 2.24) is 9.80 Å². The first-order valence-corrected chi connectivity index (χ1v) is 6.17. The number of likely N-dealkylation sites (N-methyl/N-ethyl adjacent to an activating group) is 1. The fraction of sp³-hybridized carbons (Fsp3) is 1.00. The molecule has 13 heavy (non-hydrogen) atoms. The molecule has 0 fully saturated rings. The molecule has 0 aliphatic heterocycles. The molecule has 2 unspecified atom stereocenters. The van der Waals surface area contributed by atoms with Gasteiger partial charge in [0.2, 0.25) is 0 Å². The average molecular weight is 298 g/mol. The minimum absolute atomic E-state index is 0.604. The van der Waals surface area contributed by atoms with Gasteiger partial charge in [-0.25, -0.2) is 0 Å².